The van der Waals surface area contributed by atoms with Crippen molar-refractivity contribution in [1.82, 2.24) is 10.2 Å². The van der Waals surface area contributed by atoms with E-state index in [1.165, 1.54) is 23.1 Å². The normalized spacial score (nSPS) is 19.5. The van der Waals surface area contributed by atoms with Gasteiger partial charge < -0.3 is 10.2 Å². The van der Waals surface area contributed by atoms with Crippen LogP contribution in [0.15, 0.2) is 42.5 Å². The van der Waals surface area contributed by atoms with Gasteiger partial charge in [-0.3, -0.25) is 4.79 Å². The molecule has 3 nitrogen and oxygen atoms in total. The minimum absolute atomic E-state index is 0.0896. The van der Waals surface area contributed by atoms with Crippen LogP contribution in [0.25, 0.3) is 0 Å². The number of halogens is 5. The van der Waals surface area contributed by atoms with Crippen molar-refractivity contribution in [3.8, 4) is 0 Å². The molecule has 8 heteroatoms. The summed E-state index contributed by atoms with van der Waals surface area (Å²) in [6.07, 6.45) is -4.64. The third-order valence-electron chi connectivity index (χ3n) is 6.03. The number of alkyl halides is 4. The Balaban J connectivity index is 1.91. The lowest BCUT2D eigenvalue weighted by Crippen LogP contribution is -2.48. The zero-order valence-electron chi connectivity index (χ0n) is 17.6. The van der Waals surface area contributed by atoms with Crippen molar-refractivity contribution in [3.05, 3.63) is 70.5 Å². The molecule has 0 aliphatic carbocycles. The molecule has 1 saturated heterocycles. The minimum atomic E-state index is -4.64. The molecule has 2 aromatic carbocycles. The minimum Gasteiger partial charge on any atom is -0.340 e. The van der Waals surface area contributed by atoms with Crippen LogP contribution in [0.2, 0.25) is 0 Å². The Hall–Kier alpha value is -2.48. The second-order valence-corrected chi connectivity index (χ2v) is 8.47. The monoisotopic (exact) mass is 440 g/mol. The molecular formula is C23H25F5N2O. The van der Waals surface area contributed by atoms with Gasteiger partial charge in [0.15, 0.2) is 0 Å². The van der Waals surface area contributed by atoms with E-state index in [-0.39, 0.29) is 34.8 Å². The van der Waals surface area contributed by atoms with Gasteiger partial charge in [-0.15, -0.1) is 0 Å². The smallest absolute Gasteiger partial charge is 0.340 e. The maximum atomic E-state index is 13.4. The molecule has 2 aromatic rings. The van der Waals surface area contributed by atoms with Crippen LogP contribution in [-0.4, -0.2) is 37.0 Å². The number of carbonyl (C=O) groups excluding carboxylic acids is 1. The third-order valence-corrected chi connectivity index (χ3v) is 6.03. The number of benzene rings is 2. The second kappa shape index (κ2) is 8.57. The van der Waals surface area contributed by atoms with Crippen molar-refractivity contribution in [3.63, 3.8) is 0 Å². The Bertz CT molecular complexity index is 940. The highest BCUT2D eigenvalue weighted by Gasteiger charge is 2.41. The molecule has 1 amide bonds. The first-order valence-corrected chi connectivity index (χ1v) is 9.96. The molecule has 0 radical (unpaired) electrons. The van der Waals surface area contributed by atoms with Crippen LogP contribution >= 0.6 is 0 Å². The molecule has 1 N–H and O–H groups in total. The maximum absolute atomic E-state index is 13.4. The van der Waals surface area contributed by atoms with Gasteiger partial charge in [-0.05, 0) is 54.8 Å². The van der Waals surface area contributed by atoms with Crippen LogP contribution in [0, 0.1) is 5.82 Å². The lowest BCUT2D eigenvalue weighted by molar-refractivity contribution is -0.139. The molecule has 0 aromatic heterocycles. The van der Waals surface area contributed by atoms with Gasteiger partial charge in [0, 0.05) is 26.1 Å². The zero-order chi connectivity index (χ0) is 23.0. The molecule has 0 unspecified atom stereocenters. The van der Waals surface area contributed by atoms with E-state index in [1.807, 2.05) is 0 Å². The van der Waals surface area contributed by atoms with Crippen molar-refractivity contribution < 1.29 is 26.7 Å². The molecule has 1 fully saturated rings. The van der Waals surface area contributed by atoms with Crippen LogP contribution in [0.4, 0.5) is 22.0 Å². The van der Waals surface area contributed by atoms with Crippen molar-refractivity contribution in [2.45, 2.75) is 44.1 Å². The highest BCUT2D eigenvalue weighted by Crippen LogP contribution is 2.36. The van der Waals surface area contributed by atoms with Crippen molar-refractivity contribution in [2.24, 2.45) is 0 Å². The molecule has 0 bridgehead atoms. The third kappa shape index (κ3) is 4.74. The van der Waals surface area contributed by atoms with Gasteiger partial charge in [0.05, 0.1) is 17.0 Å². The van der Waals surface area contributed by atoms with Gasteiger partial charge >= 0.3 is 6.18 Å². The molecule has 168 valence electrons. The first-order chi connectivity index (χ1) is 14.4. The highest BCUT2D eigenvalue weighted by molar-refractivity contribution is 5.87. The number of hydrogen-bond acceptors (Lipinski definition) is 2. The van der Waals surface area contributed by atoms with Gasteiger partial charge in [0.1, 0.15) is 12.5 Å². The van der Waals surface area contributed by atoms with Crippen LogP contribution in [0.1, 0.15) is 42.0 Å². The number of likely N-dealkylation sites (N-methyl/N-ethyl adjacent to an activating group) is 1. The van der Waals surface area contributed by atoms with E-state index in [0.29, 0.717) is 13.1 Å². The van der Waals surface area contributed by atoms with Gasteiger partial charge in [-0.25, -0.2) is 8.78 Å². The average molecular weight is 440 g/mol. The topological polar surface area (TPSA) is 32.3 Å². The Morgan fingerprint density at radius 2 is 1.68 bits per heavy atom. The van der Waals surface area contributed by atoms with Gasteiger partial charge in [-0.2, -0.15) is 13.2 Å². The summed E-state index contributed by atoms with van der Waals surface area (Å²) in [5.41, 5.74) is -1.44. The number of nitrogens with zero attached hydrogens (tertiary/aromatic N) is 1. The average Bonchev–Trinajstić information content (AvgIpc) is 3.22. The van der Waals surface area contributed by atoms with Crippen molar-refractivity contribution >= 4 is 5.91 Å². The van der Waals surface area contributed by atoms with E-state index in [2.05, 4.69) is 5.32 Å². The van der Waals surface area contributed by atoms with Crippen LogP contribution in [0.3, 0.4) is 0 Å². The number of nitrogens with one attached hydrogen (secondary N) is 1. The van der Waals surface area contributed by atoms with Gasteiger partial charge in [-0.1, -0.05) is 18.2 Å². The predicted octanol–water partition coefficient (Wildman–Crippen LogP) is 4.81. The molecule has 1 aliphatic rings. The predicted molar refractivity (Wildman–Crippen MR) is 108 cm³/mol. The lowest BCUT2D eigenvalue weighted by atomic mass is 9.80. The van der Waals surface area contributed by atoms with Crippen LogP contribution in [0.5, 0.6) is 0 Å². The van der Waals surface area contributed by atoms with Crippen LogP contribution < -0.4 is 5.32 Å². The van der Waals surface area contributed by atoms with Crippen molar-refractivity contribution in [2.75, 3.05) is 20.1 Å². The second-order valence-electron chi connectivity index (χ2n) is 8.47. The summed E-state index contributed by atoms with van der Waals surface area (Å²) in [4.78, 5) is 14.9. The number of carbonyl (C=O) groups is 1. The first kappa shape index (κ1) is 23.2. The summed E-state index contributed by atoms with van der Waals surface area (Å²) in [5.74, 6) is -0.823. The van der Waals surface area contributed by atoms with E-state index in [9.17, 15) is 26.7 Å². The van der Waals surface area contributed by atoms with E-state index in [0.717, 1.165) is 17.7 Å². The summed E-state index contributed by atoms with van der Waals surface area (Å²) in [6, 6.07) is 8.78. The summed E-state index contributed by atoms with van der Waals surface area (Å²) in [7, 11) is 1.61. The van der Waals surface area contributed by atoms with E-state index in [1.54, 1.807) is 33.0 Å². The summed E-state index contributed by atoms with van der Waals surface area (Å²) >= 11 is 0. The Morgan fingerprint density at radius 3 is 2.26 bits per heavy atom. The Labute approximate surface area is 178 Å². The molecule has 1 aliphatic heterocycles. The quantitative estimate of drug-likeness (QED) is 0.677. The fraction of sp³-hybridized carbons (Fsp3) is 0.435. The number of rotatable bonds is 5. The molecular weight excluding hydrogens is 415 g/mol. The standard InChI is InChI=1S/C23H25F5N2O/c1-22(2,16-8-14(11-24)9-17(10-16)23(26,27)28)21(31)30(3)20-13-29-12-19(20)15-4-6-18(25)7-5-15/h4-10,19-20,29H,11-13H2,1-3H3/t19-,20+/m0/s1. The molecule has 2 atom stereocenters. The Kier molecular flexibility index (Phi) is 6.41. The highest BCUT2D eigenvalue weighted by atomic mass is 19.4. The molecule has 3 rings (SSSR count). The summed E-state index contributed by atoms with van der Waals surface area (Å²) in [6.45, 7) is 3.11. The van der Waals surface area contributed by atoms with Gasteiger partial charge in [0.25, 0.3) is 0 Å². The first-order valence-electron chi connectivity index (χ1n) is 9.96. The summed E-state index contributed by atoms with van der Waals surface area (Å²) < 4.78 is 66.4. The van der Waals surface area contributed by atoms with Gasteiger partial charge in [0.2, 0.25) is 5.91 Å². The molecule has 31 heavy (non-hydrogen) atoms. The zero-order valence-corrected chi connectivity index (χ0v) is 17.6. The van der Waals surface area contributed by atoms with E-state index < -0.39 is 23.8 Å². The lowest BCUT2D eigenvalue weighted by Gasteiger charge is -2.36. The molecule has 0 spiro atoms. The number of amides is 1. The van der Waals surface area contributed by atoms with Crippen LogP contribution in [-0.2, 0) is 23.1 Å². The number of hydrogen-bond donors (Lipinski definition) is 1. The van der Waals surface area contributed by atoms with Crippen molar-refractivity contribution in [1.29, 1.82) is 0 Å². The molecule has 0 saturated carbocycles. The maximum Gasteiger partial charge on any atom is 0.416 e. The fourth-order valence-corrected chi connectivity index (χ4v) is 4.13. The van der Waals surface area contributed by atoms with E-state index in [4.69, 9.17) is 0 Å². The Morgan fingerprint density at radius 1 is 1.06 bits per heavy atom. The fourth-order valence-electron chi connectivity index (χ4n) is 4.13. The molecule has 1 heterocycles. The largest absolute Gasteiger partial charge is 0.416 e. The summed E-state index contributed by atoms with van der Waals surface area (Å²) in [5, 5.41) is 3.22. The SMILES string of the molecule is CN(C(=O)C(C)(C)c1cc(CF)cc(C(F)(F)F)c1)[C@@H]1CNC[C@H]1c1ccc(F)cc1. The van der Waals surface area contributed by atoms with E-state index >= 15 is 0 Å².